The molecule has 0 bridgehead atoms. The Labute approximate surface area is 188 Å². The van der Waals surface area contributed by atoms with Gasteiger partial charge in [0.05, 0.1) is 22.9 Å². The number of benzene rings is 2. The number of fused-ring (bicyclic) bond motifs is 3. The van der Waals surface area contributed by atoms with Crippen LogP contribution in [0.25, 0.3) is 10.2 Å². The molecule has 3 heterocycles. The highest BCUT2D eigenvalue weighted by molar-refractivity contribution is 7.18. The third kappa shape index (κ3) is 3.12. The van der Waals surface area contributed by atoms with Crippen LogP contribution in [0.2, 0.25) is 0 Å². The molecule has 0 saturated carbocycles. The summed E-state index contributed by atoms with van der Waals surface area (Å²) in [7, 11) is 1.66. The maximum atomic E-state index is 13.4. The molecule has 2 aliphatic rings. The molecule has 0 unspecified atom stereocenters. The zero-order valence-electron chi connectivity index (χ0n) is 17.7. The van der Waals surface area contributed by atoms with Crippen LogP contribution in [0.15, 0.2) is 48.5 Å². The summed E-state index contributed by atoms with van der Waals surface area (Å²) in [4.78, 5) is 46.3. The highest BCUT2D eigenvalue weighted by Crippen LogP contribution is 2.41. The van der Waals surface area contributed by atoms with Gasteiger partial charge in [-0.05, 0) is 25.1 Å². The maximum absolute atomic E-state index is 13.4. The number of imide groups is 1. The van der Waals surface area contributed by atoms with Gasteiger partial charge in [-0.15, -0.1) is 11.3 Å². The molecule has 9 heteroatoms. The molecule has 1 N–H and O–H groups in total. The summed E-state index contributed by atoms with van der Waals surface area (Å²) in [6.45, 7) is 1.86. The van der Waals surface area contributed by atoms with Gasteiger partial charge >= 0.3 is 6.03 Å². The predicted molar refractivity (Wildman–Crippen MR) is 119 cm³/mol. The van der Waals surface area contributed by atoms with Crippen molar-refractivity contribution in [3.8, 4) is 5.75 Å². The fourth-order valence-corrected chi connectivity index (χ4v) is 5.28. The summed E-state index contributed by atoms with van der Waals surface area (Å²) in [5.41, 5.74) is 0.314. The number of carbonyl (C=O) groups is 3. The van der Waals surface area contributed by atoms with Gasteiger partial charge in [-0.2, -0.15) is 0 Å². The summed E-state index contributed by atoms with van der Waals surface area (Å²) in [6, 6.07) is 14.1. The molecule has 32 heavy (non-hydrogen) atoms. The van der Waals surface area contributed by atoms with Crippen molar-refractivity contribution in [3.63, 3.8) is 0 Å². The van der Waals surface area contributed by atoms with Crippen molar-refractivity contribution < 1.29 is 19.1 Å². The quantitative estimate of drug-likeness (QED) is 0.617. The van der Waals surface area contributed by atoms with Crippen LogP contribution in [0.4, 0.5) is 4.79 Å². The lowest BCUT2D eigenvalue weighted by Gasteiger charge is -2.33. The van der Waals surface area contributed by atoms with E-state index in [1.54, 1.807) is 25.2 Å². The first-order valence-electron chi connectivity index (χ1n) is 10.4. The van der Waals surface area contributed by atoms with E-state index < -0.39 is 17.5 Å². The van der Waals surface area contributed by atoms with Gasteiger partial charge in [0, 0.05) is 19.0 Å². The van der Waals surface area contributed by atoms with Crippen molar-refractivity contribution in [3.05, 3.63) is 59.1 Å². The average Bonchev–Trinajstić information content (AvgIpc) is 3.34. The first-order valence-corrected chi connectivity index (χ1v) is 11.2. The second kappa shape index (κ2) is 7.59. The molecule has 3 aromatic rings. The number of carbonyl (C=O) groups excluding carboxylic acids is 3. The van der Waals surface area contributed by atoms with E-state index in [-0.39, 0.29) is 18.5 Å². The van der Waals surface area contributed by atoms with Crippen molar-refractivity contribution >= 4 is 39.4 Å². The van der Waals surface area contributed by atoms with Crippen LogP contribution in [0, 0.1) is 0 Å². The van der Waals surface area contributed by atoms with E-state index in [1.807, 2.05) is 37.3 Å². The number of para-hydroxylation sites is 2. The lowest BCUT2D eigenvalue weighted by atomic mass is 9.84. The summed E-state index contributed by atoms with van der Waals surface area (Å²) in [5.74, 6) is -0.188. The van der Waals surface area contributed by atoms with Crippen molar-refractivity contribution in [2.24, 2.45) is 0 Å². The van der Waals surface area contributed by atoms with Crippen LogP contribution in [-0.4, -0.2) is 52.8 Å². The van der Waals surface area contributed by atoms with E-state index in [2.05, 4.69) is 10.3 Å². The molecule has 164 valence electrons. The number of urea groups is 1. The number of amides is 4. The molecule has 8 nitrogen and oxygen atoms in total. The Kier molecular flexibility index (Phi) is 4.85. The van der Waals surface area contributed by atoms with Crippen molar-refractivity contribution in [2.75, 3.05) is 20.2 Å². The molecule has 2 atom stereocenters. The topological polar surface area (TPSA) is 91.8 Å². The van der Waals surface area contributed by atoms with E-state index in [0.29, 0.717) is 24.3 Å². The molecule has 5 rings (SSSR count). The number of aromatic nitrogens is 1. The predicted octanol–water partition coefficient (Wildman–Crippen LogP) is 3.05. The van der Waals surface area contributed by atoms with Crippen LogP contribution in [-0.2, 0) is 15.1 Å². The number of thiazole rings is 1. The zero-order valence-corrected chi connectivity index (χ0v) is 18.5. The van der Waals surface area contributed by atoms with Crippen molar-refractivity contribution in [1.82, 2.24) is 20.1 Å². The minimum Gasteiger partial charge on any atom is -0.493 e. The molecule has 1 aromatic heterocycles. The van der Waals surface area contributed by atoms with Crippen LogP contribution in [0.3, 0.4) is 0 Å². The minimum atomic E-state index is -1.19. The van der Waals surface area contributed by atoms with Gasteiger partial charge in [-0.1, -0.05) is 30.3 Å². The number of hydrogen-bond donors (Lipinski definition) is 1. The summed E-state index contributed by atoms with van der Waals surface area (Å²) < 4.78 is 6.70. The molecular weight excluding hydrogens is 428 g/mol. The third-order valence-corrected chi connectivity index (χ3v) is 7.40. The number of nitrogens with one attached hydrogen (secondary N) is 1. The molecule has 1 saturated heterocycles. The highest BCUT2D eigenvalue weighted by Gasteiger charge is 2.55. The van der Waals surface area contributed by atoms with Gasteiger partial charge in [0.25, 0.3) is 5.91 Å². The van der Waals surface area contributed by atoms with Gasteiger partial charge in [0.1, 0.15) is 17.3 Å². The second-order valence-corrected chi connectivity index (χ2v) is 9.08. The largest absolute Gasteiger partial charge is 0.493 e. The number of ether oxygens (including phenoxy) is 1. The normalized spacial score (nSPS) is 20.8. The van der Waals surface area contributed by atoms with E-state index in [4.69, 9.17) is 4.74 Å². The molecular formula is C23H22N4O4S. The molecule has 0 aliphatic carbocycles. The van der Waals surface area contributed by atoms with E-state index >= 15 is 0 Å². The van der Waals surface area contributed by atoms with E-state index in [0.717, 1.165) is 20.1 Å². The number of nitrogens with zero attached hydrogens (tertiary/aromatic N) is 3. The van der Waals surface area contributed by atoms with Gasteiger partial charge < -0.3 is 15.0 Å². The van der Waals surface area contributed by atoms with Crippen LogP contribution < -0.4 is 10.1 Å². The Morgan fingerprint density at radius 1 is 1.25 bits per heavy atom. The molecule has 4 amide bonds. The van der Waals surface area contributed by atoms with Crippen molar-refractivity contribution in [1.29, 1.82) is 0 Å². The Morgan fingerprint density at radius 3 is 2.81 bits per heavy atom. The number of rotatable bonds is 4. The Hall–Kier alpha value is -3.46. The van der Waals surface area contributed by atoms with E-state index in [1.165, 1.54) is 16.2 Å². The third-order valence-electron chi connectivity index (χ3n) is 6.19. The highest BCUT2D eigenvalue weighted by atomic mass is 32.1. The Balaban J connectivity index is 1.35. The SMILES string of the molecule is C[C@H](c1nc2ccccc2s1)N(C)C(=O)CN1C(=O)N[C@@]2(CCOc3ccccc32)C1=O. The Bertz CT molecular complexity index is 1210. The molecule has 1 fully saturated rings. The van der Waals surface area contributed by atoms with Crippen LogP contribution in [0.5, 0.6) is 5.75 Å². The average molecular weight is 451 g/mol. The monoisotopic (exact) mass is 450 g/mol. The minimum absolute atomic E-state index is 0.293. The zero-order chi connectivity index (χ0) is 22.5. The first kappa shape index (κ1) is 20.4. The summed E-state index contributed by atoms with van der Waals surface area (Å²) in [6.07, 6.45) is 0.317. The van der Waals surface area contributed by atoms with E-state index in [9.17, 15) is 14.4 Å². The fourth-order valence-electron chi connectivity index (χ4n) is 4.21. The molecule has 0 radical (unpaired) electrons. The molecule has 1 spiro atoms. The van der Waals surface area contributed by atoms with Gasteiger partial charge in [-0.3, -0.25) is 14.5 Å². The van der Waals surface area contributed by atoms with Crippen molar-refractivity contribution in [2.45, 2.75) is 24.9 Å². The standard InChI is InChI=1S/C23H22N4O4S/c1-14(20-24-16-8-4-6-10-18(16)32-20)26(2)19(28)13-27-21(29)23(25-22(27)30)11-12-31-17-9-5-3-7-15(17)23/h3-10,14H,11-13H2,1-2H3,(H,25,30)/t14-,23-/m1/s1. The number of hydrogen-bond acceptors (Lipinski definition) is 6. The van der Waals surface area contributed by atoms with Gasteiger partial charge in [0.15, 0.2) is 5.54 Å². The summed E-state index contributed by atoms with van der Waals surface area (Å²) in [5, 5.41) is 3.62. The molecule has 2 aromatic carbocycles. The van der Waals surface area contributed by atoms with Crippen LogP contribution >= 0.6 is 11.3 Å². The molecule has 2 aliphatic heterocycles. The fraction of sp³-hybridized carbons (Fsp3) is 0.304. The first-order chi connectivity index (χ1) is 15.4. The lowest BCUT2D eigenvalue weighted by molar-refractivity contribution is -0.140. The Morgan fingerprint density at radius 2 is 2.00 bits per heavy atom. The van der Waals surface area contributed by atoms with Gasteiger partial charge in [-0.25, -0.2) is 9.78 Å². The lowest BCUT2D eigenvalue weighted by Crippen LogP contribution is -2.48. The second-order valence-electron chi connectivity index (χ2n) is 8.02. The van der Waals surface area contributed by atoms with Gasteiger partial charge in [0.2, 0.25) is 5.91 Å². The smallest absolute Gasteiger partial charge is 0.325 e. The maximum Gasteiger partial charge on any atom is 0.325 e. The van der Waals surface area contributed by atoms with Crippen LogP contribution in [0.1, 0.15) is 30.0 Å². The number of likely N-dealkylation sites (N-methyl/N-ethyl adjacent to an activating group) is 1. The summed E-state index contributed by atoms with van der Waals surface area (Å²) >= 11 is 1.53.